The lowest BCUT2D eigenvalue weighted by Gasteiger charge is -2.31. The van der Waals surface area contributed by atoms with Gasteiger partial charge in [-0.3, -0.25) is 4.79 Å². The van der Waals surface area contributed by atoms with E-state index in [-0.39, 0.29) is 10.8 Å². The van der Waals surface area contributed by atoms with Gasteiger partial charge in [-0.15, -0.1) is 11.3 Å². The first kappa shape index (κ1) is 16.4. The molecule has 3 N–H and O–H groups in total. The summed E-state index contributed by atoms with van der Waals surface area (Å²) in [5.41, 5.74) is 0. The van der Waals surface area contributed by atoms with Crippen molar-refractivity contribution in [3.8, 4) is 0 Å². The maximum Gasteiger partial charge on any atom is 0.263 e. The molecule has 2 rings (SSSR count). The molecule has 6 nitrogen and oxygen atoms in total. The summed E-state index contributed by atoms with van der Waals surface area (Å²) in [6, 6.07) is 1.40. The monoisotopic (exact) mass is 331 g/mol. The van der Waals surface area contributed by atoms with Crippen molar-refractivity contribution in [1.29, 1.82) is 0 Å². The third kappa shape index (κ3) is 3.82. The average Bonchev–Trinajstić information content (AvgIpc) is 2.81. The van der Waals surface area contributed by atoms with Gasteiger partial charge in [-0.05, 0) is 45.3 Å². The van der Waals surface area contributed by atoms with E-state index in [9.17, 15) is 13.2 Å². The van der Waals surface area contributed by atoms with Gasteiger partial charge in [0, 0.05) is 18.0 Å². The predicted octanol–water partition coefficient (Wildman–Crippen LogP) is 0.776. The predicted molar refractivity (Wildman–Crippen MR) is 83.0 cm³/mol. The topological polar surface area (TPSA) is 92.5 Å². The number of nitrogens with two attached hydrogens (primary N) is 1. The summed E-state index contributed by atoms with van der Waals surface area (Å²) < 4.78 is 22.9. The van der Waals surface area contributed by atoms with Crippen LogP contribution in [0, 0.1) is 12.8 Å². The Balaban J connectivity index is 2.08. The summed E-state index contributed by atoms with van der Waals surface area (Å²) in [6.07, 6.45) is 1.94. The number of hydrogen-bond donors (Lipinski definition) is 2. The van der Waals surface area contributed by atoms with E-state index in [0.717, 1.165) is 19.4 Å². The molecule has 0 aliphatic carbocycles. The molecular weight excluding hydrogens is 310 g/mol. The second-order valence-corrected chi connectivity index (χ2v) is 8.16. The molecule has 0 radical (unpaired) electrons. The van der Waals surface area contributed by atoms with Crippen LogP contribution in [0.2, 0.25) is 0 Å². The normalized spacial score (nSPS) is 17.2. The van der Waals surface area contributed by atoms with Crippen LogP contribution in [0.15, 0.2) is 11.0 Å². The average molecular weight is 331 g/mol. The summed E-state index contributed by atoms with van der Waals surface area (Å²) in [5, 5.41) is 8.31. The van der Waals surface area contributed by atoms with E-state index in [1.54, 1.807) is 11.8 Å². The van der Waals surface area contributed by atoms with Crippen molar-refractivity contribution in [3.63, 3.8) is 0 Å². The zero-order valence-electron chi connectivity index (χ0n) is 12.3. The number of primary sulfonamides is 1. The van der Waals surface area contributed by atoms with Crippen LogP contribution < -0.4 is 10.5 Å². The molecule has 0 saturated carbocycles. The van der Waals surface area contributed by atoms with Crippen LogP contribution in [-0.4, -0.2) is 45.9 Å². The fourth-order valence-corrected chi connectivity index (χ4v) is 4.75. The Kier molecular flexibility index (Phi) is 5.03. The number of likely N-dealkylation sites (tertiary alicyclic amines) is 1. The number of nitrogens with zero attached hydrogens (tertiary/aromatic N) is 1. The number of aryl methyl sites for hydroxylation is 1. The first-order valence-electron chi connectivity index (χ1n) is 6.90. The second-order valence-electron chi connectivity index (χ2n) is 5.37. The van der Waals surface area contributed by atoms with Crippen molar-refractivity contribution in [2.45, 2.75) is 24.7 Å². The molecule has 0 atom stereocenters. The summed E-state index contributed by atoms with van der Waals surface area (Å²) in [4.78, 5) is 15.3. The Hall–Kier alpha value is -0.960. The molecule has 21 heavy (non-hydrogen) atoms. The van der Waals surface area contributed by atoms with Gasteiger partial charge in [-0.1, -0.05) is 0 Å². The number of rotatable bonds is 4. The Bertz CT molecular complexity index is 617. The van der Waals surface area contributed by atoms with Crippen LogP contribution in [0.25, 0.3) is 0 Å². The lowest BCUT2D eigenvalue weighted by molar-refractivity contribution is 0.0695. The largest absolute Gasteiger partial charge is 0.338 e. The smallest absolute Gasteiger partial charge is 0.263 e. The van der Waals surface area contributed by atoms with Crippen LogP contribution in [0.4, 0.5) is 0 Å². The Morgan fingerprint density at radius 2 is 2.10 bits per heavy atom. The lowest BCUT2D eigenvalue weighted by Crippen LogP contribution is -2.40. The van der Waals surface area contributed by atoms with Crippen LogP contribution >= 0.6 is 11.3 Å². The van der Waals surface area contributed by atoms with Crippen molar-refractivity contribution in [2.75, 3.05) is 26.7 Å². The zero-order valence-corrected chi connectivity index (χ0v) is 13.9. The van der Waals surface area contributed by atoms with Crippen molar-refractivity contribution in [3.05, 3.63) is 15.8 Å². The van der Waals surface area contributed by atoms with E-state index in [0.29, 0.717) is 28.8 Å². The molecule has 0 bridgehead atoms. The highest BCUT2D eigenvalue weighted by Crippen LogP contribution is 2.27. The highest BCUT2D eigenvalue weighted by atomic mass is 32.2. The van der Waals surface area contributed by atoms with E-state index in [2.05, 4.69) is 5.32 Å². The number of nitrogens with one attached hydrogen (secondary N) is 1. The molecule has 1 aromatic rings. The number of piperidine rings is 1. The van der Waals surface area contributed by atoms with Gasteiger partial charge in [-0.2, -0.15) is 0 Å². The fourth-order valence-electron chi connectivity index (χ4n) is 2.64. The number of hydrogen-bond acceptors (Lipinski definition) is 5. The van der Waals surface area contributed by atoms with Crippen LogP contribution in [-0.2, 0) is 10.0 Å². The van der Waals surface area contributed by atoms with Gasteiger partial charge >= 0.3 is 0 Å². The first-order valence-corrected chi connectivity index (χ1v) is 9.26. The molecule has 1 aromatic heterocycles. The lowest BCUT2D eigenvalue weighted by atomic mass is 9.97. The fraction of sp³-hybridized carbons (Fsp3) is 0.615. The van der Waals surface area contributed by atoms with Crippen molar-refractivity contribution in [2.24, 2.45) is 11.1 Å². The van der Waals surface area contributed by atoms with E-state index in [1.165, 1.54) is 17.4 Å². The molecule has 1 aliphatic rings. The first-order chi connectivity index (χ1) is 9.82. The van der Waals surface area contributed by atoms with Crippen molar-refractivity contribution < 1.29 is 13.2 Å². The SMILES string of the molecule is CNCC1CCN(C(=O)c2cc(S(N)(=O)=O)c(C)s2)CC1. The van der Waals surface area contributed by atoms with Crippen LogP contribution in [0.1, 0.15) is 27.4 Å². The number of thiophene rings is 1. The molecule has 0 aromatic carbocycles. The summed E-state index contributed by atoms with van der Waals surface area (Å²) in [5.74, 6) is 0.505. The van der Waals surface area contributed by atoms with E-state index >= 15 is 0 Å². The van der Waals surface area contributed by atoms with E-state index in [4.69, 9.17) is 5.14 Å². The molecule has 2 heterocycles. The number of carbonyl (C=O) groups is 1. The van der Waals surface area contributed by atoms with Gasteiger partial charge in [0.2, 0.25) is 10.0 Å². The van der Waals surface area contributed by atoms with Crippen LogP contribution in [0.3, 0.4) is 0 Å². The van der Waals surface area contributed by atoms with Gasteiger partial charge < -0.3 is 10.2 Å². The zero-order chi connectivity index (χ0) is 15.6. The molecule has 1 aliphatic heterocycles. The van der Waals surface area contributed by atoms with Gasteiger partial charge in [0.15, 0.2) is 0 Å². The maximum atomic E-state index is 12.4. The molecule has 0 unspecified atom stereocenters. The molecule has 8 heteroatoms. The van der Waals surface area contributed by atoms with Gasteiger partial charge in [0.25, 0.3) is 5.91 Å². The quantitative estimate of drug-likeness (QED) is 0.852. The highest BCUT2D eigenvalue weighted by Gasteiger charge is 2.26. The minimum Gasteiger partial charge on any atom is -0.338 e. The Morgan fingerprint density at radius 1 is 1.48 bits per heavy atom. The van der Waals surface area contributed by atoms with Crippen molar-refractivity contribution >= 4 is 27.3 Å². The minimum atomic E-state index is -3.76. The molecule has 118 valence electrons. The number of sulfonamides is 1. The number of carbonyl (C=O) groups excluding carboxylic acids is 1. The third-order valence-corrected chi connectivity index (χ3v) is 5.99. The summed E-state index contributed by atoms with van der Waals surface area (Å²) in [6.45, 7) is 4.07. The van der Waals surface area contributed by atoms with E-state index in [1.807, 2.05) is 7.05 Å². The van der Waals surface area contributed by atoms with Gasteiger partial charge in [-0.25, -0.2) is 13.6 Å². The molecule has 1 amide bonds. The van der Waals surface area contributed by atoms with Crippen molar-refractivity contribution in [1.82, 2.24) is 10.2 Å². The number of amides is 1. The molecule has 0 spiro atoms. The van der Waals surface area contributed by atoms with Gasteiger partial charge in [0.1, 0.15) is 0 Å². The summed E-state index contributed by atoms with van der Waals surface area (Å²) >= 11 is 1.19. The standard InChI is InChI=1S/C13H21N3O3S2/c1-9-12(21(14,18)19)7-11(20-9)13(17)16-5-3-10(4-6-16)8-15-2/h7,10,15H,3-6,8H2,1-2H3,(H2,14,18,19). The highest BCUT2D eigenvalue weighted by molar-refractivity contribution is 7.89. The Labute approximate surface area is 129 Å². The molecule has 1 fully saturated rings. The third-order valence-electron chi connectivity index (χ3n) is 3.78. The van der Waals surface area contributed by atoms with Crippen LogP contribution in [0.5, 0.6) is 0 Å². The van der Waals surface area contributed by atoms with E-state index < -0.39 is 10.0 Å². The Morgan fingerprint density at radius 3 is 2.57 bits per heavy atom. The molecular formula is C13H21N3O3S2. The van der Waals surface area contributed by atoms with Gasteiger partial charge in [0.05, 0.1) is 9.77 Å². The maximum absolute atomic E-state index is 12.4. The minimum absolute atomic E-state index is 0.0564. The summed E-state index contributed by atoms with van der Waals surface area (Å²) in [7, 11) is -1.83. The molecule has 1 saturated heterocycles. The second kappa shape index (κ2) is 6.43.